The Balaban J connectivity index is 2.43. The van der Waals surface area contributed by atoms with Crippen LogP contribution in [0.1, 0.15) is 11.3 Å². The Morgan fingerprint density at radius 2 is 2.00 bits per heavy atom. The van der Waals surface area contributed by atoms with Crippen molar-refractivity contribution in [2.24, 2.45) is 0 Å². The van der Waals surface area contributed by atoms with Crippen molar-refractivity contribution >= 4 is 59.4 Å². The highest BCUT2D eigenvalue weighted by Crippen LogP contribution is 2.29. The van der Waals surface area contributed by atoms with Crippen molar-refractivity contribution in [2.45, 2.75) is 0 Å². The van der Waals surface area contributed by atoms with Crippen molar-refractivity contribution in [2.75, 3.05) is 0 Å². The van der Waals surface area contributed by atoms with Gasteiger partial charge in [-0.15, -0.1) is 0 Å². The van der Waals surface area contributed by atoms with Crippen LogP contribution in [0.5, 0.6) is 0 Å². The number of rotatable bonds is 2. The number of hydrogen-bond acceptors (Lipinski definition) is 2. The van der Waals surface area contributed by atoms with Gasteiger partial charge in [0.15, 0.2) is 4.67 Å². The summed E-state index contributed by atoms with van der Waals surface area (Å²) in [6.07, 6.45) is 1.71. The third-order valence-electron chi connectivity index (χ3n) is 2.21. The Morgan fingerprint density at radius 3 is 2.56 bits per heavy atom. The lowest BCUT2D eigenvalue weighted by molar-refractivity contribution is 0.530. The van der Waals surface area contributed by atoms with Gasteiger partial charge in [0.2, 0.25) is 0 Å². The maximum Gasteiger partial charge on any atom is 0.184 e. The van der Waals surface area contributed by atoms with Gasteiger partial charge in [-0.1, -0.05) is 28.1 Å². The summed E-state index contributed by atoms with van der Waals surface area (Å²) in [5.41, 5.74) is 1.39. The number of benzene rings is 1. The maximum absolute atomic E-state index is 9.21. The molecule has 0 aliphatic heterocycles. The number of hydrogen-bond donors (Lipinski definition) is 0. The molecule has 0 radical (unpaired) electrons. The SMILES string of the molecule is N#C/C(=C/c1cc(Br)c(Br)o1)c1cccc(Br)c1. The second kappa shape index (κ2) is 5.87. The topological polar surface area (TPSA) is 36.9 Å². The molecule has 2 rings (SSSR count). The first-order chi connectivity index (χ1) is 8.60. The first-order valence-corrected chi connectivity index (χ1v) is 7.30. The zero-order chi connectivity index (χ0) is 13.1. The third kappa shape index (κ3) is 3.14. The van der Waals surface area contributed by atoms with Gasteiger partial charge in [-0.3, -0.25) is 0 Å². The molecule has 90 valence electrons. The first-order valence-electron chi connectivity index (χ1n) is 4.92. The van der Waals surface area contributed by atoms with Crippen molar-refractivity contribution < 1.29 is 4.42 Å². The number of halogens is 3. The van der Waals surface area contributed by atoms with Crippen LogP contribution in [0.4, 0.5) is 0 Å². The van der Waals surface area contributed by atoms with Crippen LogP contribution in [0.25, 0.3) is 11.6 Å². The number of nitrogens with zero attached hydrogens (tertiary/aromatic N) is 1. The average molecular weight is 432 g/mol. The van der Waals surface area contributed by atoms with Gasteiger partial charge in [0, 0.05) is 4.47 Å². The molecule has 1 heterocycles. The summed E-state index contributed by atoms with van der Waals surface area (Å²) in [7, 11) is 0. The summed E-state index contributed by atoms with van der Waals surface area (Å²) in [4.78, 5) is 0. The molecule has 18 heavy (non-hydrogen) atoms. The zero-order valence-electron chi connectivity index (χ0n) is 8.95. The molecule has 0 saturated heterocycles. The third-order valence-corrected chi connectivity index (χ3v) is 4.41. The fourth-order valence-corrected chi connectivity index (χ4v) is 2.42. The number of allylic oxidation sites excluding steroid dienone is 1. The highest BCUT2D eigenvalue weighted by Gasteiger charge is 2.07. The summed E-state index contributed by atoms with van der Waals surface area (Å²) in [5.74, 6) is 0.616. The molecule has 0 bridgehead atoms. The van der Waals surface area contributed by atoms with E-state index in [2.05, 4.69) is 53.9 Å². The molecule has 0 saturated carbocycles. The van der Waals surface area contributed by atoms with Gasteiger partial charge in [0.1, 0.15) is 5.76 Å². The van der Waals surface area contributed by atoms with Gasteiger partial charge in [-0.05, 0) is 61.7 Å². The zero-order valence-corrected chi connectivity index (χ0v) is 13.7. The van der Waals surface area contributed by atoms with E-state index in [0.717, 1.165) is 14.5 Å². The fraction of sp³-hybridized carbons (Fsp3) is 0. The lowest BCUT2D eigenvalue weighted by Gasteiger charge is -1.98. The average Bonchev–Trinajstić information content (AvgIpc) is 2.65. The molecule has 0 aliphatic carbocycles. The highest BCUT2D eigenvalue weighted by atomic mass is 79.9. The van der Waals surface area contributed by atoms with Gasteiger partial charge < -0.3 is 4.42 Å². The lowest BCUT2D eigenvalue weighted by atomic mass is 10.1. The lowest BCUT2D eigenvalue weighted by Crippen LogP contribution is -1.81. The molecule has 2 nitrogen and oxygen atoms in total. The van der Waals surface area contributed by atoms with E-state index in [0.29, 0.717) is 16.0 Å². The van der Waals surface area contributed by atoms with Crippen molar-refractivity contribution in [1.29, 1.82) is 5.26 Å². The second-order valence-electron chi connectivity index (χ2n) is 3.45. The normalized spacial score (nSPS) is 11.3. The molecule has 0 amide bonds. The standard InChI is InChI=1S/C13H6Br3NO/c14-10-3-1-2-8(4-10)9(7-17)5-11-6-12(15)13(16)18-11/h1-6H/b9-5-. The Bertz CT molecular complexity index is 633. The van der Waals surface area contributed by atoms with Crippen LogP contribution < -0.4 is 0 Å². The van der Waals surface area contributed by atoms with Gasteiger partial charge in [-0.2, -0.15) is 5.26 Å². The predicted octanol–water partition coefficient (Wildman–Crippen LogP) is 5.63. The van der Waals surface area contributed by atoms with E-state index < -0.39 is 0 Å². The molecule has 0 aliphatic rings. The predicted molar refractivity (Wildman–Crippen MR) is 81.7 cm³/mol. The van der Waals surface area contributed by atoms with Crippen LogP contribution in [0.3, 0.4) is 0 Å². The highest BCUT2D eigenvalue weighted by molar-refractivity contribution is 9.13. The molecule has 5 heteroatoms. The molecular weight excluding hydrogens is 426 g/mol. The first kappa shape index (κ1) is 13.6. The van der Waals surface area contributed by atoms with E-state index >= 15 is 0 Å². The number of furan rings is 1. The van der Waals surface area contributed by atoms with E-state index in [1.807, 2.05) is 24.3 Å². The molecule has 0 fully saturated rings. The molecule has 0 atom stereocenters. The molecule has 0 unspecified atom stereocenters. The summed E-state index contributed by atoms with van der Waals surface area (Å²) < 4.78 is 7.79. The minimum Gasteiger partial charge on any atom is -0.449 e. The molecule has 2 aromatic rings. The van der Waals surface area contributed by atoms with Crippen molar-refractivity contribution in [3.63, 3.8) is 0 Å². The Morgan fingerprint density at radius 1 is 1.22 bits per heavy atom. The molecule has 0 spiro atoms. The largest absolute Gasteiger partial charge is 0.449 e. The quantitative estimate of drug-likeness (QED) is 0.578. The monoisotopic (exact) mass is 429 g/mol. The molecule has 1 aromatic carbocycles. The van der Waals surface area contributed by atoms with Gasteiger partial charge in [-0.25, -0.2) is 0 Å². The summed E-state index contributed by atoms with van der Waals surface area (Å²) in [6, 6.07) is 11.6. The molecule has 0 N–H and O–H groups in total. The molecule has 1 aromatic heterocycles. The van der Waals surface area contributed by atoms with Crippen molar-refractivity contribution in [3.05, 3.63) is 55.3 Å². The smallest absolute Gasteiger partial charge is 0.184 e. The van der Waals surface area contributed by atoms with E-state index in [-0.39, 0.29) is 0 Å². The number of nitriles is 1. The van der Waals surface area contributed by atoms with Crippen LogP contribution in [-0.4, -0.2) is 0 Å². The minimum atomic E-state index is 0.546. The van der Waals surface area contributed by atoms with Gasteiger partial charge in [0.25, 0.3) is 0 Å². The summed E-state index contributed by atoms with van der Waals surface area (Å²) in [6.45, 7) is 0. The van der Waals surface area contributed by atoms with Crippen LogP contribution in [-0.2, 0) is 0 Å². The van der Waals surface area contributed by atoms with E-state index in [4.69, 9.17) is 4.42 Å². The Labute approximate surface area is 130 Å². The van der Waals surface area contributed by atoms with Crippen LogP contribution in [0.2, 0.25) is 0 Å². The van der Waals surface area contributed by atoms with Crippen molar-refractivity contribution in [3.8, 4) is 6.07 Å². The Kier molecular flexibility index (Phi) is 4.44. The Hall–Kier alpha value is -0.830. The maximum atomic E-state index is 9.21. The second-order valence-corrected chi connectivity index (χ2v) is 5.94. The van der Waals surface area contributed by atoms with E-state index in [1.165, 1.54) is 0 Å². The van der Waals surface area contributed by atoms with Crippen LogP contribution in [0, 0.1) is 11.3 Å². The van der Waals surface area contributed by atoms with Crippen LogP contribution in [0.15, 0.2) is 48.4 Å². The molecular formula is C13H6Br3NO. The van der Waals surface area contributed by atoms with E-state index in [9.17, 15) is 5.26 Å². The fourth-order valence-electron chi connectivity index (χ4n) is 1.41. The van der Waals surface area contributed by atoms with Crippen LogP contribution >= 0.6 is 47.8 Å². The van der Waals surface area contributed by atoms with Gasteiger partial charge >= 0.3 is 0 Å². The van der Waals surface area contributed by atoms with E-state index in [1.54, 1.807) is 12.1 Å². The minimum absolute atomic E-state index is 0.546. The summed E-state index contributed by atoms with van der Waals surface area (Å²) >= 11 is 9.98. The summed E-state index contributed by atoms with van der Waals surface area (Å²) in [5, 5.41) is 9.21. The van der Waals surface area contributed by atoms with Crippen molar-refractivity contribution in [1.82, 2.24) is 0 Å². The van der Waals surface area contributed by atoms with Gasteiger partial charge in [0.05, 0.1) is 16.1 Å².